The fraction of sp³-hybridized carbons (Fsp3) is 0.190. The molecular formula is C21H23FN2O2. The van der Waals surface area contributed by atoms with Gasteiger partial charge in [0, 0.05) is 12.2 Å². The molecule has 2 aromatic rings. The molecule has 4 nitrogen and oxygen atoms in total. The highest BCUT2D eigenvalue weighted by molar-refractivity contribution is 5.96. The van der Waals surface area contributed by atoms with Gasteiger partial charge in [-0.15, -0.1) is 0 Å². The SMILES string of the molecule is CC/C(F)=C\C(C(=O)NCc1ccc(Oc2ccccc2)cc1)=C(/C)N. The molecule has 0 fully saturated rings. The van der Waals surface area contributed by atoms with Crippen molar-refractivity contribution in [3.8, 4) is 11.5 Å². The Morgan fingerprint density at radius 1 is 1.12 bits per heavy atom. The lowest BCUT2D eigenvalue weighted by Gasteiger charge is -2.09. The van der Waals surface area contributed by atoms with Crippen LogP contribution in [0.4, 0.5) is 4.39 Å². The quantitative estimate of drug-likeness (QED) is 0.564. The maximum atomic E-state index is 13.5. The molecule has 0 aliphatic heterocycles. The third-order valence-electron chi connectivity index (χ3n) is 3.66. The van der Waals surface area contributed by atoms with Gasteiger partial charge in [-0.3, -0.25) is 4.79 Å². The molecule has 26 heavy (non-hydrogen) atoms. The Bertz CT molecular complexity index is 793. The highest BCUT2D eigenvalue weighted by atomic mass is 19.1. The average molecular weight is 354 g/mol. The van der Waals surface area contributed by atoms with Crippen LogP contribution in [0.1, 0.15) is 25.8 Å². The minimum atomic E-state index is -0.404. The van der Waals surface area contributed by atoms with Gasteiger partial charge < -0.3 is 15.8 Å². The number of carbonyl (C=O) groups is 1. The lowest BCUT2D eigenvalue weighted by molar-refractivity contribution is -0.117. The van der Waals surface area contributed by atoms with Crippen LogP contribution < -0.4 is 15.8 Å². The van der Waals surface area contributed by atoms with Crippen LogP contribution >= 0.6 is 0 Å². The van der Waals surface area contributed by atoms with Gasteiger partial charge >= 0.3 is 0 Å². The van der Waals surface area contributed by atoms with Crippen molar-refractivity contribution in [3.05, 3.63) is 83.3 Å². The number of rotatable bonds is 7. The first-order chi connectivity index (χ1) is 12.5. The van der Waals surface area contributed by atoms with E-state index in [4.69, 9.17) is 10.5 Å². The first kappa shape index (κ1) is 19.2. The monoisotopic (exact) mass is 354 g/mol. The fourth-order valence-electron chi connectivity index (χ4n) is 2.19. The van der Waals surface area contributed by atoms with Crippen LogP contribution in [-0.4, -0.2) is 5.91 Å². The Balaban J connectivity index is 1.96. The lowest BCUT2D eigenvalue weighted by atomic mass is 10.1. The predicted octanol–water partition coefficient (Wildman–Crippen LogP) is 4.59. The molecule has 0 aliphatic carbocycles. The van der Waals surface area contributed by atoms with Crippen molar-refractivity contribution < 1.29 is 13.9 Å². The van der Waals surface area contributed by atoms with E-state index in [0.717, 1.165) is 11.3 Å². The summed E-state index contributed by atoms with van der Waals surface area (Å²) in [4.78, 5) is 12.2. The fourth-order valence-corrected chi connectivity index (χ4v) is 2.19. The van der Waals surface area contributed by atoms with Crippen molar-refractivity contribution in [1.82, 2.24) is 5.32 Å². The summed E-state index contributed by atoms with van der Waals surface area (Å²) < 4.78 is 19.2. The van der Waals surface area contributed by atoms with Crippen LogP contribution in [0.3, 0.4) is 0 Å². The van der Waals surface area contributed by atoms with Crippen LogP contribution in [0, 0.1) is 0 Å². The summed E-state index contributed by atoms with van der Waals surface area (Å²) in [6.07, 6.45) is 1.40. The Kier molecular flexibility index (Phi) is 6.97. The largest absolute Gasteiger partial charge is 0.457 e. The Labute approximate surface area is 153 Å². The molecule has 5 heteroatoms. The number of nitrogens with two attached hydrogens (primary N) is 1. The second-order valence-electron chi connectivity index (χ2n) is 5.78. The molecule has 1 amide bonds. The highest BCUT2D eigenvalue weighted by Crippen LogP contribution is 2.21. The molecule has 0 unspecified atom stereocenters. The van der Waals surface area contributed by atoms with E-state index in [2.05, 4.69) is 5.32 Å². The summed E-state index contributed by atoms with van der Waals surface area (Å²) >= 11 is 0. The maximum Gasteiger partial charge on any atom is 0.253 e. The number of halogens is 1. The van der Waals surface area contributed by atoms with E-state index in [9.17, 15) is 9.18 Å². The van der Waals surface area contributed by atoms with Crippen LogP contribution in [0.5, 0.6) is 11.5 Å². The van der Waals surface area contributed by atoms with Gasteiger partial charge in [-0.25, -0.2) is 4.39 Å². The molecule has 0 spiro atoms. The normalized spacial score (nSPS) is 12.3. The summed E-state index contributed by atoms with van der Waals surface area (Å²) in [6, 6.07) is 16.9. The van der Waals surface area contributed by atoms with E-state index in [-0.39, 0.29) is 23.5 Å². The van der Waals surface area contributed by atoms with Crippen LogP contribution in [0.15, 0.2) is 77.8 Å². The number of carbonyl (C=O) groups excluding carboxylic acids is 1. The predicted molar refractivity (Wildman–Crippen MR) is 101 cm³/mol. The van der Waals surface area contributed by atoms with Crippen LogP contribution in [0.25, 0.3) is 0 Å². The molecule has 0 saturated heterocycles. The van der Waals surface area contributed by atoms with Gasteiger partial charge in [0.2, 0.25) is 0 Å². The number of amides is 1. The van der Waals surface area contributed by atoms with Crippen molar-refractivity contribution >= 4 is 5.91 Å². The molecule has 0 bridgehead atoms. The minimum absolute atomic E-state index is 0.147. The molecule has 0 heterocycles. The summed E-state index contributed by atoms with van der Waals surface area (Å²) in [5, 5.41) is 2.75. The molecule has 136 valence electrons. The number of ether oxygens (including phenoxy) is 1. The lowest BCUT2D eigenvalue weighted by Crippen LogP contribution is -2.25. The molecule has 3 N–H and O–H groups in total. The third kappa shape index (κ3) is 5.77. The second-order valence-corrected chi connectivity index (χ2v) is 5.78. The number of hydrogen-bond acceptors (Lipinski definition) is 3. The standard InChI is InChI=1S/C21H23FN2O2/c1-3-17(22)13-20(15(2)23)21(25)24-14-16-9-11-19(12-10-16)26-18-7-5-4-6-8-18/h4-13H,3,14,23H2,1-2H3,(H,24,25)/b17-13+,20-15-. The van der Waals surface area contributed by atoms with E-state index in [1.165, 1.54) is 6.08 Å². The number of hydrogen-bond donors (Lipinski definition) is 2. The smallest absolute Gasteiger partial charge is 0.253 e. The zero-order valence-corrected chi connectivity index (χ0v) is 15.0. The Morgan fingerprint density at radius 2 is 1.73 bits per heavy atom. The third-order valence-corrected chi connectivity index (χ3v) is 3.66. The number of nitrogens with one attached hydrogen (secondary N) is 1. The molecule has 0 atom stereocenters. The maximum absolute atomic E-state index is 13.5. The van der Waals surface area contributed by atoms with Gasteiger partial charge in [0.1, 0.15) is 17.3 Å². The zero-order chi connectivity index (χ0) is 18.9. The van der Waals surface area contributed by atoms with Crippen molar-refractivity contribution in [3.63, 3.8) is 0 Å². The van der Waals surface area contributed by atoms with Crippen molar-refractivity contribution in [2.75, 3.05) is 0 Å². The van der Waals surface area contributed by atoms with Gasteiger partial charge in [-0.1, -0.05) is 37.3 Å². The van der Waals surface area contributed by atoms with Gasteiger partial charge in [0.25, 0.3) is 5.91 Å². The highest BCUT2D eigenvalue weighted by Gasteiger charge is 2.10. The van der Waals surface area contributed by atoms with Crippen LogP contribution in [0.2, 0.25) is 0 Å². The Morgan fingerprint density at radius 3 is 2.31 bits per heavy atom. The first-order valence-corrected chi connectivity index (χ1v) is 8.42. The van der Waals surface area contributed by atoms with Gasteiger partial charge in [0.15, 0.2) is 0 Å². The van der Waals surface area contributed by atoms with E-state index in [1.807, 2.05) is 54.6 Å². The number of allylic oxidation sites excluding steroid dienone is 2. The van der Waals surface area contributed by atoms with E-state index >= 15 is 0 Å². The van der Waals surface area contributed by atoms with E-state index < -0.39 is 5.91 Å². The van der Waals surface area contributed by atoms with Gasteiger partial charge in [-0.05, 0) is 49.2 Å². The van der Waals surface area contributed by atoms with Crippen LogP contribution in [-0.2, 0) is 11.3 Å². The molecule has 0 aliphatic rings. The number of para-hydroxylation sites is 1. The average Bonchev–Trinajstić information content (AvgIpc) is 2.65. The molecule has 0 aromatic heterocycles. The summed E-state index contributed by atoms with van der Waals surface area (Å²) in [5.74, 6) is 0.671. The summed E-state index contributed by atoms with van der Waals surface area (Å²) in [7, 11) is 0. The minimum Gasteiger partial charge on any atom is -0.457 e. The first-order valence-electron chi connectivity index (χ1n) is 8.42. The molecule has 0 saturated carbocycles. The van der Waals surface area contributed by atoms with Gasteiger partial charge in [0.05, 0.1) is 5.57 Å². The van der Waals surface area contributed by atoms with E-state index in [1.54, 1.807) is 13.8 Å². The number of benzene rings is 2. The summed E-state index contributed by atoms with van der Waals surface area (Å²) in [5.41, 5.74) is 7.01. The molecular weight excluding hydrogens is 331 g/mol. The molecule has 2 rings (SSSR count). The van der Waals surface area contributed by atoms with Crippen molar-refractivity contribution in [2.24, 2.45) is 5.73 Å². The Hall–Kier alpha value is -3.08. The second kappa shape index (κ2) is 9.42. The van der Waals surface area contributed by atoms with Crippen molar-refractivity contribution in [1.29, 1.82) is 0 Å². The molecule has 2 aromatic carbocycles. The topological polar surface area (TPSA) is 64.3 Å². The summed E-state index contributed by atoms with van der Waals surface area (Å²) in [6.45, 7) is 3.55. The zero-order valence-electron chi connectivity index (χ0n) is 15.0. The van der Waals surface area contributed by atoms with E-state index in [0.29, 0.717) is 12.3 Å². The van der Waals surface area contributed by atoms with Crippen molar-refractivity contribution in [2.45, 2.75) is 26.8 Å². The van der Waals surface area contributed by atoms with Gasteiger partial charge in [-0.2, -0.15) is 0 Å². The molecule has 0 radical (unpaired) electrons.